The van der Waals surface area contributed by atoms with E-state index in [0.717, 1.165) is 24.3 Å². The number of hydrogen-bond acceptors (Lipinski definition) is 5. The van der Waals surface area contributed by atoms with Gasteiger partial charge in [-0.2, -0.15) is 0 Å². The Balaban J connectivity index is 1.89. The van der Waals surface area contributed by atoms with Gasteiger partial charge in [0.15, 0.2) is 0 Å². The van der Waals surface area contributed by atoms with E-state index in [4.69, 9.17) is 16.0 Å². The van der Waals surface area contributed by atoms with Crippen molar-refractivity contribution in [1.82, 2.24) is 15.5 Å². The van der Waals surface area contributed by atoms with Crippen molar-refractivity contribution in [2.45, 2.75) is 32.7 Å². The molecule has 2 heterocycles. The summed E-state index contributed by atoms with van der Waals surface area (Å²) in [5.41, 5.74) is 0. The maximum atomic E-state index is 6.02. The molecule has 0 radical (unpaired) electrons. The van der Waals surface area contributed by atoms with E-state index in [2.05, 4.69) is 29.4 Å². The van der Waals surface area contributed by atoms with E-state index in [1.807, 2.05) is 11.4 Å². The summed E-state index contributed by atoms with van der Waals surface area (Å²) in [4.78, 5) is 0.843. The summed E-state index contributed by atoms with van der Waals surface area (Å²) >= 11 is 7.53. The summed E-state index contributed by atoms with van der Waals surface area (Å²) in [6.07, 6.45) is 1.77. The van der Waals surface area contributed by atoms with Crippen LogP contribution in [0.15, 0.2) is 15.9 Å². The van der Waals surface area contributed by atoms with Crippen LogP contribution in [-0.4, -0.2) is 22.8 Å². The van der Waals surface area contributed by atoms with Gasteiger partial charge in [-0.05, 0) is 24.4 Å². The van der Waals surface area contributed by atoms with E-state index in [-0.39, 0.29) is 0 Å². The van der Waals surface area contributed by atoms with Gasteiger partial charge >= 0.3 is 0 Å². The molecule has 0 atom stereocenters. The lowest BCUT2D eigenvalue weighted by atomic mass is 10.3. The van der Waals surface area contributed by atoms with Crippen LogP contribution in [-0.2, 0) is 6.42 Å². The lowest BCUT2D eigenvalue weighted by Gasteiger charge is -2.05. The predicted octanol–water partition coefficient (Wildman–Crippen LogP) is 3.38. The van der Waals surface area contributed by atoms with Gasteiger partial charge in [0.2, 0.25) is 5.89 Å². The summed E-state index contributed by atoms with van der Waals surface area (Å²) < 4.78 is 5.59. The summed E-state index contributed by atoms with van der Waals surface area (Å²) in [6, 6.07) is 2.34. The largest absolute Gasteiger partial charge is 0.420 e. The average molecular weight is 286 g/mol. The Morgan fingerprint density at radius 1 is 1.44 bits per heavy atom. The number of halogens is 1. The van der Waals surface area contributed by atoms with Gasteiger partial charge < -0.3 is 9.73 Å². The van der Waals surface area contributed by atoms with Gasteiger partial charge in [-0.15, -0.1) is 21.5 Å². The maximum absolute atomic E-state index is 6.02. The smallest absolute Gasteiger partial charge is 0.259 e. The van der Waals surface area contributed by atoms with Crippen molar-refractivity contribution < 1.29 is 4.42 Å². The Labute approximate surface area is 115 Å². The second-order valence-electron chi connectivity index (χ2n) is 4.31. The number of nitrogens with one attached hydrogen (secondary N) is 1. The normalized spacial score (nSPS) is 11.3. The van der Waals surface area contributed by atoms with Gasteiger partial charge in [0.1, 0.15) is 4.88 Å². The highest BCUT2D eigenvalue weighted by Crippen LogP contribution is 2.32. The van der Waals surface area contributed by atoms with E-state index in [9.17, 15) is 0 Å². The van der Waals surface area contributed by atoms with Crippen LogP contribution in [0.3, 0.4) is 0 Å². The van der Waals surface area contributed by atoms with E-state index in [1.54, 1.807) is 0 Å². The lowest BCUT2D eigenvalue weighted by molar-refractivity contribution is 0.484. The van der Waals surface area contributed by atoms with E-state index < -0.39 is 0 Å². The molecule has 0 aliphatic rings. The van der Waals surface area contributed by atoms with Gasteiger partial charge in [-0.1, -0.05) is 25.4 Å². The van der Waals surface area contributed by atoms with E-state index in [1.165, 1.54) is 11.3 Å². The monoisotopic (exact) mass is 285 g/mol. The molecule has 0 saturated carbocycles. The van der Waals surface area contributed by atoms with Crippen LogP contribution in [0, 0.1) is 0 Å². The predicted molar refractivity (Wildman–Crippen MR) is 74.1 cm³/mol. The fourth-order valence-electron chi connectivity index (χ4n) is 1.52. The SMILES string of the molecule is CC(C)NCCCc1nnc(-c2sccc2Cl)o1. The van der Waals surface area contributed by atoms with Crippen molar-refractivity contribution in [2.75, 3.05) is 6.54 Å². The molecule has 0 fully saturated rings. The standard InChI is InChI=1S/C12H16ClN3OS/c1-8(2)14-6-3-4-10-15-16-12(17-10)11-9(13)5-7-18-11/h5,7-8,14H,3-4,6H2,1-2H3. The molecule has 0 saturated heterocycles. The first kappa shape index (κ1) is 13.5. The molecule has 2 rings (SSSR count). The summed E-state index contributed by atoms with van der Waals surface area (Å²) in [5.74, 6) is 1.18. The number of aryl methyl sites for hydroxylation is 1. The highest BCUT2D eigenvalue weighted by atomic mass is 35.5. The number of hydrogen-bond donors (Lipinski definition) is 1. The topological polar surface area (TPSA) is 51.0 Å². The molecule has 6 heteroatoms. The fraction of sp³-hybridized carbons (Fsp3) is 0.500. The van der Waals surface area contributed by atoms with E-state index >= 15 is 0 Å². The molecule has 98 valence electrons. The lowest BCUT2D eigenvalue weighted by Crippen LogP contribution is -2.23. The first-order valence-corrected chi connectivity index (χ1v) is 7.21. The quantitative estimate of drug-likeness (QED) is 0.827. The zero-order valence-electron chi connectivity index (χ0n) is 10.4. The van der Waals surface area contributed by atoms with Crippen LogP contribution in [0.25, 0.3) is 10.8 Å². The van der Waals surface area contributed by atoms with Crippen molar-refractivity contribution in [3.05, 3.63) is 22.4 Å². The van der Waals surface area contributed by atoms with Crippen LogP contribution >= 0.6 is 22.9 Å². The molecule has 2 aromatic heterocycles. The summed E-state index contributed by atoms with van der Waals surface area (Å²) in [6.45, 7) is 5.21. The summed E-state index contributed by atoms with van der Waals surface area (Å²) in [5, 5.41) is 14.0. The minimum Gasteiger partial charge on any atom is -0.420 e. The molecule has 0 spiro atoms. The molecule has 0 bridgehead atoms. The zero-order valence-corrected chi connectivity index (χ0v) is 12.0. The van der Waals surface area contributed by atoms with Crippen molar-refractivity contribution in [3.8, 4) is 10.8 Å². The molecule has 1 N–H and O–H groups in total. The van der Waals surface area contributed by atoms with Crippen LogP contribution in [0.1, 0.15) is 26.2 Å². The Morgan fingerprint density at radius 2 is 2.28 bits per heavy atom. The molecule has 18 heavy (non-hydrogen) atoms. The van der Waals surface area contributed by atoms with Gasteiger partial charge in [-0.25, -0.2) is 0 Å². The van der Waals surface area contributed by atoms with Crippen LogP contribution in [0.2, 0.25) is 5.02 Å². The molecule has 4 nitrogen and oxygen atoms in total. The second kappa shape index (κ2) is 6.31. The molecular weight excluding hydrogens is 270 g/mol. The molecular formula is C12H16ClN3OS. The zero-order chi connectivity index (χ0) is 13.0. The molecule has 2 aromatic rings. The van der Waals surface area contributed by atoms with Crippen LogP contribution in [0.4, 0.5) is 0 Å². The van der Waals surface area contributed by atoms with Crippen molar-refractivity contribution >= 4 is 22.9 Å². The minimum absolute atomic E-state index is 0.508. The molecule has 0 aliphatic heterocycles. The minimum atomic E-state index is 0.508. The number of nitrogens with zero attached hydrogens (tertiary/aromatic N) is 2. The number of aromatic nitrogens is 2. The third-order valence-electron chi connectivity index (χ3n) is 2.40. The van der Waals surface area contributed by atoms with Gasteiger partial charge in [0, 0.05) is 12.5 Å². The number of rotatable bonds is 6. The average Bonchev–Trinajstić information content (AvgIpc) is 2.92. The van der Waals surface area contributed by atoms with Crippen LogP contribution in [0.5, 0.6) is 0 Å². The van der Waals surface area contributed by atoms with Crippen molar-refractivity contribution in [2.24, 2.45) is 0 Å². The Kier molecular flexibility index (Phi) is 4.74. The molecule has 0 amide bonds. The first-order valence-electron chi connectivity index (χ1n) is 5.96. The third kappa shape index (κ3) is 3.54. The molecule has 0 unspecified atom stereocenters. The molecule has 0 aliphatic carbocycles. The number of thiophene rings is 1. The van der Waals surface area contributed by atoms with Crippen LogP contribution < -0.4 is 5.32 Å². The Morgan fingerprint density at radius 3 is 2.94 bits per heavy atom. The first-order chi connectivity index (χ1) is 8.66. The third-order valence-corrected chi connectivity index (χ3v) is 3.73. The van der Waals surface area contributed by atoms with Gasteiger partial charge in [-0.3, -0.25) is 0 Å². The van der Waals surface area contributed by atoms with E-state index in [0.29, 0.717) is 22.8 Å². The van der Waals surface area contributed by atoms with Gasteiger partial charge in [0.05, 0.1) is 5.02 Å². The highest BCUT2D eigenvalue weighted by molar-refractivity contribution is 7.14. The molecule has 0 aromatic carbocycles. The fourth-order valence-corrected chi connectivity index (χ4v) is 2.58. The van der Waals surface area contributed by atoms with Crippen molar-refractivity contribution in [1.29, 1.82) is 0 Å². The summed E-state index contributed by atoms with van der Waals surface area (Å²) in [7, 11) is 0. The van der Waals surface area contributed by atoms with Gasteiger partial charge in [0.25, 0.3) is 5.89 Å². The highest BCUT2D eigenvalue weighted by Gasteiger charge is 2.12. The maximum Gasteiger partial charge on any atom is 0.259 e. The Hall–Kier alpha value is -0.910. The van der Waals surface area contributed by atoms with Crippen molar-refractivity contribution in [3.63, 3.8) is 0 Å². The Bertz CT molecular complexity index is 495. The second-order valence-corrected chi connectivity index (χ2v) is 5.63.